The number of hydrogen-bond donors (Lipinski definition) is 1. The molecule has 2 aromatic carbocycles. The highest BCUT2D eigenvalue weighted by atomic mass is 16.5. The van der Waals surface area contributed by atoms with Gasteiger partial charge in [0.2, 0.25) is 0 Å². The number of rotatable bonds is 1. The Bertz CT molecular complexity index is 1070. The summed E-state index contributed by atoms with van der Waals surface area (Å²) in [5.74, 6) is 0.838. The fraction of sp³-hybridized carbons (Fsp3) is 0.417. The van der Waals surface area contributed by atoms with Crippen LogP contribution in [-0.4, -0.2) is 42.6 Å². The fourth-order valence-corrected chi connectivity index (χ4v) is 5.02. The van der Waals surface area contributed by atoms with Gasteiger partial charge >= 0.3 is 0 Å². The molecule has 0 bridgehead atoms. The summed E-state index contributed by atoms with van der Waals surface area (Å²) in [6.45, 7) is 5.36. The summed E-state index contributed by atoms with van der Waals surface area (Å²) in [4.78, 5) is 19.7. The first kappa shape index (κ1) is 19.1. The van der Waals surface area contributed by atoms with E-state index in [4.69, 9.17) is 20.2 Å². The van der Waals surface area contributed by atoms with Gasteiger partial charge in [-0.05, 0) is 55.5 Å². The van der Waals surface area contributed by atoms with Crippen LogP contribution in [0.4, 0.5) is 0 Å². The molecule has 3 aliphatic rings. The second kappa shape index (κ2) is 6.57. The number of nitrogens with zero attached hydrogens (tertiary/aromatic N) is 2. The Morgan fingerprint density at radius 3 is 2.70 bits per heavy atom. The molecule has 2 unspecified atom stereocenters. The first-order valence-electron chi connectivity index (χ1n) is 10.5. The number of ether oxygens (including phenoxy) is 2. The maximum absolute atomic E-state index is 13.5. The van der Waals surface area contributed by atoms with Crippen LogP contribution >= 0.6 is 0 Å². The minimum Gasteiger partial charge on any atom is -0.484 e. The molecule has 1 amide bonds. The van der Waals surface area contributed by atoms with E-state index in [1.54, 1.807) is 7.05 Å². The third-order valence-corrected chi connectivity index (χ3v) is 6.63. The molecular formula is C24H27N3O3. The molecule has 5 rings (SSSR count). The van der Waals surface area contributed by atoms with Crippen molar-refractivity contribution in [3.8, 4) is 16.9 Å². The Labute approximate surface area is 176 Å². The number of fused-ring (bicyclic) bond motifs is 2. The maximum atomic E-state index is 13.5. The Morgan fingerprint density at radius 1 is 1.17 bits per heavy atom. The maximum Gasteiger partial charge on any atom is 0.261 e. The van der Waals surface area contributed by atoms with Crippen molar-refractivity contribution in [2.24, 2.45) is 10.7 Å². The third kappa shape index (κ3) is 2.74. The van der Waals surface area contributed by atoms with Crippen LogP contribution in [-0.2, 0) is 15.1 Å². The predicted octanol–water partition coefficient (Wildman–Crippen LogP) is 3.28. The van der Waals surface area contributed by atoms with Crippen molar-refractivity contribution in [1.29, 1.82) is 0 Å². The van der Waals surface area contributed by atoms with Crippen molar-refractivity contribution in [3.05, 3.63) is 53.1 Å². The highest BCUT2D eigenvalue weighted by Crippen LogP contribution is 2.51. The zero-order valence-corrected chi connectivity index (χ0v) is 17.7. The summed E-state index contributed by atoms with van der Waals surface area (Å²) in [7, 11) is 1.68. The van der Waals surface area contributed by atoms with Crippen LogP contribution in [0.15, 0.2) is 41.4 Å². The number of aryl methyl sites for hydroxylation is 2. The van der Waals surface area contributed by atoms with Crippen LogP contribution in [0.1, 0.15) is 36.0 Å². The molecule has 1 fully saturated rings. The van der Waals surface area contributed by atoms with Crippen LogP contribution in [0.3, 0.4) is 0 Å². The molecule has 30 heavy (non-hydrogen) atoms. The average Bonchev–Trinajstić information content (AvgIpc) is 2.94. The van der Waals surface area contributed by atoms with E-state index in [9.17, 15) is 4.79 Å². The van der Waals surface area contributed by atoms with E-state index in [0.29, 0.717) is 18.8 Å². The van der Waals surface area contributed by atoms with E-state index >= 15 is 0 Å². The van der Waals surface area contributed by atoms with Gasteiger partial charge in [-0.1, -0.05) is 29.8 Å². The van der Waals surface area contributed by atoms with E-state index in [0.717, 1.165) is 36.1 Å². The standard InChI is InChI=1S/C24H27N3O3/c1-15-5-6-16(2)18(11-15)17-7-8-20-19(12-17)24(21(28)27(3)22(25)26-24)13-23(30-20)9-4-10-29-14-23/h5-8,11-12H,4,9-10,13-14H2,1-3H3,(H2,25,26). The summed E-state index contributed by atoms with van der Waals surface area (Å²) >= 11 is 0. The largest absolute Gasteiger partial charge is 0.484 e. The SMILES string of the molecule is Cc1ccc(C)c(-c2ccc3c(c2)C2(CC4(CCCOC4)O3)N=C(N)N(C)C2=O)c1. The van der Waals surface area contributed by atoms with Crippen LogP contribution in [0.2, 0.25) is 0 Å². The van der Waals surface area contributed by atoms with Crippen LogP contribution in [0, 0.1) is 13.8 Å². The second-order valence-corrected chi connectivity index (χ2v) is 8.84. The number of aliphatic imine (C=N–C) groups is 1. The molecule has 6 nitrogen and oxygen atoms in total. The van der Waals surface area contributed by atoms with Gasteiger partial charge in [0, 0.05) is 25.6 Å². The van der Waals surface area contributed by atoms with E-state index in [1.807, 2.05) is 6.07 Å². The van der Waals surface area contributed by atoms with Gasteiger partial charge in [-0.3, -0.25) is 9.69 Å². The highest BCUT2D eigenvalue weighted by Gasteiger charge is 2.58. The summed E-state index contributed by atoms with van der Waals surface area (Å²) in [5.41, 5.74) is 9.85. The Hall–Kier alpha value is -2.86. The van der Waals surface area contributed by atoms with E-state index < -0.39 is 11.1 Å². The molecule has 2 spiro atoms. The average molecular weight is 405 g/mol. The van der Waals surface area contributed by atoms with E-state index in [-0.39, 0.29) is 11.9 Å². The van der Waals surface area contributed by atoms with E-state index in [1.165, 1.54) is 16.0 Å². The second-order valence-electron chi connectivity index (χ2n) is 8.84. The number of likely N-dealkylation sites (N-methyl/N-ethyl adjacent to an activating group) is 1. The summed E-state index contributed by atoms with van der Waals surface area (Å²) < 4.78 is 12.3. The molecule has 1 saturated heterocycles. The van der Waals surface area contributed by atoms with Gasteiger partial charge in [0.1, 0.15) is 11.4 Å². The molecule has 3 heterocycles. The molecule has 2 aromatic rings. The molecule has 6 heteroatoms. The molecule has 156 valence electrons. The van der Waals surface area contributed by atoms with Crippen LogP contribution in [0.5, 0.6) is 5.75 Å². The zero-order valence-electron chi connectivity index (χ0n) is 17.7. The van der Waals surface area contributed by atoms with Crippen molar-refractivity contribution in [2.75, 3.05) is 20.3 Å². The molecule has 3 aliphatic heterocycles. The fourth-order valence-electron chi connectivity index (χ4n) is 5.02. The van der Waals surface area contributed by atoms with E-state index in [2.05, 4.69) is 44.2 Å². The van der Waals surface area contributed by atoms with Crippen LogP contribution < -0.4 is 10.5 Å². The molecule has 0 aliphatic carbocycles. The van der Waals surface area contributed by atoms with Crippen molar-refractivity contribution in [1.82, 2.24) is 4.90 Å². The van der Waals surface area contributed by atoms with Gasteiger partial charge in [0.05, 0.1) is 6.61 Å². The first-order valence-corrected chi connectivity index (χ1v) is 10.5. The molecule has 2 atom stereocenters. The smallest absolute Gasteiger partial charge is 0.261 e. The van der Waals surface area contributed by atoms with Gasteiger partial charge in [-0.2, -0.15) is 0 Å². The lowest BCUT2D eigenvalue weighted by atomic mass is 9.73. The topological polar surface area (TPSA) is 77.2 Å². The summed E-state index contributed by atoms with van der Waals surface area (Å²) in [6, 6.07) is 12.5. The Kier molecular flexibility index (Phi) is 4.19. The lowest BCUT2D eigenvalue weighted by molar-refractivity contribution is -0.139. The lowest BCUT2D eigenvalue weighted by Gasteiger charge is -2.46. The van der Waals surface area contributed by atoms with Crippen molar-refractivity contribution in [2.45, 2.75) is 44.2 Å². The zero-order chi connectivity index (χ0) is 21.1. The number of carbonyl (C=O) groups excluding carboxylic acids is 1. The van der Waals surface area contributed by atoms with Gasteiger partial charge in [0.25, 0.3) is 5.91 Å². The number of benzene rings is 2. The number of carbonyl (C=O) groups is 1. The minimum atomic E-state index is -1.07. The summed E-state index contributed by atoms with van der Waals surface area (Å²) in [6.07, 6.45) is 2.17. The first-order chi connectivity index (χ1) is 14.3. The number of nitrogens with two attached hydrogens (primary N) is 1. The molecule has 0 radical (unpaired) electrons. The summed E-state index contributed by atoms with van der Waals surface area (Å²) in [5, 5.41) is 0. The number of amides is 1. The van der Waals surface area contributed by atoms with Gasteiger partial charge in [-0.25, -0.2) is 4.99 Å². The molecular weight excluding hydrogens is 378 g/mol. The number of guanidine groups is 1. The van der Waals surface area contributed by atoms with Crippen molar-refractivity contribution < 1.29 is 14.3 Å². The lowest BCUT2D eigenvalue weighted by Crippen LogP contribution is -2.55. The monoisotopic (exact) mass is 405 g/mol. The highest BCUT2D eigenvalue weighted by molar-refractivity contribution is 6.07. The Morgan fingerprint density at radius 2 is 2.00 bits per heavy atom. The van der Waals surface area contributed by atoms with Crippen molar-refractivity contribution in [3.63, 3.8) is 0 Å². The van der Waals surface area contributed by atoms with Gasteiger partial charge in [0.15, 0.2) is 11.5 Å². The molecule has 2 N–H and O–H groups in total. The Balaban J connectivity index is 1.70. The van der Waals surface area contributed by atoms with Gasteiger partial charge < -0.3 is 15.2 Å². The molecule has 0 aromatic heterocycles. The molecule has 0 saturated carbocycles. The normalized spacial score (nSPS) is 27.9. The number of hydrogen-bond acceptors (Lipinski definition) is 5. The van der Waals surface area contributed by atoms with Gasteiger partial charge in [-0.15, -0.1) is 0 Å². The van der Waals surface area contributed by atoms with Crippen molar-refractivity contribution >= 4 is 11.9 Å². The minimum absolute atomic E-state index is 0.104. The predicted molar refractivity (Wildman–Crippen MR) is 115 cm³/mol. The van der Waals surface area contributed by atoms with Crippen LogP contribution in [0.25, 0.3) is 11.1 Å². The quantitative estimate of drug-likeness (QED) is 0.790. The third-order valence-electron chi connectivity index (χ3n) is 6.63.